The summed E-state index contributed by atoms with van der Waals surface area (Å²) in [6, 6.07) is 9.29. The highest BCUT2D eigenvalue weighted by Gasteiger charge is 2.61. The van der Waals surface area contributed by atoms with Crippen molar-refractivity contribution in [3.63, 3.8) is 0 Å². The highest BCUT2D eigenvalue weighted by molar-refractivity contribution is 5.83. The number of carbonyl (C=O) groups is 1. The maximum Gasteiger partial charge on any atom is 0.136 e. The lowest BCUT2D eigenvalue weighted by Gasteiger charge is -2.61. The maximum absolute atomic E-state index is 13.1. The van der Waals surface area contributed by atoms with Crippen LogP contribution in [0.5, 0.6) is 0 Å². The van der Waals surface area contributed by atoms with Crippen molar-refractivity contribution >= 4 is 16.6 Å². The summed E-state index contributed by atoms with van der Waals surface area (Å²) in [6.45, 7) is 6.29. The van der Waals surface area contributed by atoms with Gasteiger partial charge in [0, 0.05) is 30.1 Å². The molecule has 4 aliphatic rings. The van der Waals surface area contributed by atoms with Crippen LogP contribution in [-0.4, -0.2) is 36.3 Å². The summed E-state index contributed by atoms with van der Waals surface area (Å²) in [4.78, 5) is 19.7. The van der Waals surface area contributed by atoms with Gasteiger partial charge in [-0.05, 0) is 136 Å². The molecule has 1 aromatic heterocycles. The minimum atomic E-state index is 0.299. The number of rotatable bonds is 4. The Hall–Kier alpha value is -1.74. The van der Waals surface area contributed by atoms with Crippen molar-refractivity contribution in [2.45, 2.75) is 77.6 Å². The predicted molar refractivity (Wildman–Crippen MR) is 143 cm³/mol. The summed E-state index contributed by atoms with van der Waals surface area (Å²) < 4.78 is 0. The van der Waals surface area contributed by atoms with Crippen molar-refractivity contribution in [2.75, 3.05) is 20.6 Å². The van der Waals surface area contributed by atoms with Crippen molar-refractivity contribution in [1.82, 2.24) is 9.88 Å². The van der Waals surface area contributed by atoms with E-state index in [9.17, 15) is 4.79 Å². The minimum absolute atomic E-state index is 0.299. The quantitative estimate of drug-likeness (QED) is 0.475. The smallest absolute Gasteiger partial charge is 0.136 e. The fraction of sp³-hybridized carbons (Fsp3) is 0.688. The van der Waals surface area contributed by atoms with Gasteiger partial charge >= 0.3 is 0 Å². The van der Waals surface area contributed by atoms with Gasteiger partial charge in [-0.25, -0.2) is 0 Å². The van der Waals surface area contributed by atoms with E-state index < -0.39 is 0 Å². The van der Waals surface area contributed by atoms with E-state index in [4.69, 9.17) is 0 Å². The average molecular weight is 473 g/mol. The molecule has 0 radical (unpaired) electrons. The number of nitrogens with zero attached hydrogens (tertiary/aromatic N) is 2. The average Bonchev–Trinajstić information content (AvgIpc) is 3.20. The van der Waals surface area contributed by atoms with Crippen molar-refractivity contribution < 1.29 is 4.79 Å². The van der Waals surface area contributed by atoms with Crippen LogP contribution in [0.25, 0.3) is 10.8 Å². The van der Waals surface area contributed by atoms with Crippen LogP contribution < -0.4 is 0 Å². The van der Waals surface area contributed by atoms with E-state index in [2.05, 4.69) is 62.1 Å². The summed E-state index contributed by atoms with van der Waals surface area (Å²) in [5, 5.41) is 2.59. The van der Waals surface area contributed by atoms with Crippen molar-refractivity contribution in [3.05, 3.63) is 42.2 Å². The van der Waals surface area contributed by atoms with Gasteiger partial charge in [0.1, 0.15) is 5.78 Å². The Labute approximate surface area is 212 Å². The monoisotopic (exact) mass is 472 g/mol. The van der Waals surface area contributed by atoms with Crippen LogP contribution in [0.4, 0.5) is 0 Å². The fourth-order valence-corrected chi connectivity index (χ4v) is 9.95. The number of aromatic nitrogens is 1. The number of hydrogen-bond acceptors (Lipinski definition) is 3. The molecule has 0 saturated heterocycles. The first-order valence-corrected chi connectivity index (χ1v) is 14.3. The molecule has 0 aliphatic heterocycles. The number of ketones is 1. The number of carbonyl (C=O) groups excluding carboxylic acids is 1. The van der Waals surface area contributed by atoms with Gasteiger partial charge in [-0.1, -0.05) is 26.0 Å². The van der Waals surface area contributed by atoms with E-state index in [1.165, 1.54) is 49.3 Å². The summed E-state index contributed by atoms with van der Waals surface area (Å²) in [7, 11) is 4.29. The van der Waals surface area contributed by atoms with Crippen LogP contribution in [0, 0.1) is 40.4 Å². The van der Waals surface area contributed by atoms with Gasteiger partial charge < -0.3 is 4.90 Å². The van der Waals surface area contributed by atoms with E-state index in [1.807, 2.05) is 12.4 Å². The first kappa shape index (κ1) is 23.6. The molecular weight excluding hydrogens is 428 g/mol. The fourth-order valence-electron chi connectivity index (χ4n) is 9.95. The summed E-state index contributed by atoms with van der Waals surface area (Å²) in [5.41, 5.74) is 2.32. The molecule has 4 aliphatic carbocycles. The number of Topliss-reactive ketones (excluding diaryl/α,β-unsaturated/α-hetero) is 1. The van der Waals surface area contributed by atoms with E-state index >= 15 is 0 Å². The third kappa shape index (κ3) is 3.71. The highest BCUT2D eigenvalue weighted by atomic mass is 16.1. The normalized spacial score (nSPS) is 41.0. The van der Waals surface area contributed by atoms with Gasteiger partial charge in [0.25, 0.3) is 0 Å². The molecule has 188 valence electrons. The van der Waals surface area contributed by atoms with Gasteiger partial charge in [-0.3, -0.25) is 9.78 Å². The van der Waals surface area contributed by atoms with Gasteiger partial charge in [0.05, 0.1) is 0 Å². The minimum Gasteiger partial charge on any atom is -0.309 e. The van der Waals surface area contributed by atoms with Crippen molar-refractivity contribution in [1.29, 1.82) is 0 Å². The molecular formula is C32H44N2O. The molecule has 0 amide bonds. The van der Waals surface area contributed by atoms with Crippen molar-refractivity contribution in [2.24, 2.45) is 40.4 Å². The lowest BCUT2D eigenvalue weighted by Crippen LogP contribution is -2.56. The second kappa shape index (κ2) is 8.68. The standard InChI is InChI=1S/C32H44N2O/c1-31-15-11-29-24(7-8-28-25(14-18-34(3)4)30(35)12-16-32(28,29)2)27(31)10-9-26(31)22-6-5-21-13-17-33-20-23(21)19-22/h5-6,13,17,19-20,24-29H,7-12,14-16,18H2,1-4H3/t24-,25-,26+,27-,28-,29-,31+,32-/m0/s1. The molecule has 6 rings (SSSR count). The summed E-state index contributed by atoms with van der Waals surface area (Å²) in [5.74, 6) is 4.65. The third-order valence-corrected chi connectivity index (χ3v) is 11.7. The van der Waals surface area contributed by atoms with Crippen LogP contribution in [0.3, 0.4) is 0 Å². The molecule has 1 aromatic carbocycles. The molecule has 0 spiro atoms. The molecule has 1 heterocycles. The van der Waals surface area contributed by atoms with Crippen LogP contribution in [-0.2, 0) is 4.79 Å². The van der Waals surface area contributed by atoms with Crippen LogP contribution in [0.2, 0.25) is 0 Å². The number of pyridine rings is 1. The second-order valence-electron chi connectivity index (χ2n) is 13.4. The van der Waals surface area contributed by atoms with Crippen molar-refractivity contribution in [3.8, 4) is 0 Å². The first-order chi connectivity index (χ1) is 16.8. The number of fused-ring (bicyclic) bond motifs is 6. The van der Waals surface area contributed by atoms with E-state index in [0.29, 0.717) is 34.4 Å². The Balaban J connectivity index is 1.26. The zero-order chi connectivity index (χ0) is 24.4. The largest absolute Gasteiger partial charge is 0.309 e. The molecule has 3 nitrogen and oxygen atoms in total. The van der Waals surface area contributed by atoms with E-state index in [1.54, 1.807) is 5.56 Å². The molecule has 0 N–H and O–H groups in total. The van der Waals surface area contributed by atoms with Crippen LogP contribution in [0.1, 0.15) is 83.1 Å². The lowest BCUT2D eigenvalue weighted by molar-refractivity contribution is -0.151. The summed E-state index contributed by atoms with van der Waals surface area (Å²) >= 11 is 0. The topological polar surface area (TPSA) is 33.2 Å². The first-order valence-electron chi connectivity index (χ1n) is 14.3. The predicted octanol–water partition coefficient (Wildman–Crippen LogP) is 7.11. The van der Waals surface area contributed by atoms with E-state index in [-0.39, 0.29) is 0 Å². The Morgan fingerprint density at radius 2 is 1.71 bits per heavy atom. The molecule has 3 heteroatoms. The lowest BCUT2D eigenvalue weighted by atomic mass is 9.43. The third-order valence-electron chi connectivity index (χ3n) is 11.7. The van der Waals surface area contributed by atoms with Crippen LogP contribution >= 0.6 is 0 Å². The molecule has 0 bridgehead atoms. The van der Waals surface area contributed by atoms with Gasteiger partial charge in [-0.15, -0.1) is 0 Å². The maximum atomic E-state index is 13.1. The Bertz CT molecular complexity index is 1110. The molecule has 8 atom stereocenters. The van der Waals surface area contributed by atoms with E-state index in [0.717, 1.165) is 43.6 Å². The second-order valence-corrected chi connectivity index (χ2v) is 13.4. The molecule has 2 aromatic rings. The molecule has 35 heavy (non-hydrogen) atoms. The van der Waals surface area contributed by atoms with Gasteiger partial charge in [0.2, 0.25) is 0 Å². The summed E-state index contributed by atoms with van der Waals surface area (Å²) in [6.07, 6.45) is 15.0. The highest BCUT2D eigenvalue weighted by Crippen LogP contribution is 2.69. The number of hydrogen-bond donors (Lipinski definition) is 0. The molecule has 4 saturated carbocycles. The zero-order valence-electron chi connectivity index (χ0n) is 22.3. The number of benzene rings is 1. The van der Waals surface area contributed by atoms with Gasteiger partial charge in [0.15, 0.2) is 0 Å². The molecule has 4 fully saturated rings. The van der Waals surface area contributed by atoms with Crippen LogP contribution in [0.15, 0.2) is 36.7 Å². The van der Waals surface area contributed by atoms with Gasteiger partial charge in [-0.2, -0.15) is 0 Å². The molecule has 0 unspecified atom stereocenters. The Morgan fingerprint density at radius 3 is 2.54 bits per heavy atom. The SMILES string of the molecule is CN(C)CC[C@@H]1C(=O)CC[C@]2(C)[C@H]3CC[C@]4(C)[C@@H](c5ccc6ccncc6c5)CC[C@H]4[C@@H]3CC[C@@H]12. The Morgan fingerprint density at radius 1 is 0.914 bits per heavy atom. The zero-order valence-corrected chi connectivity index (χ0v) is 22.3. The Kier molecular flexibility index (Phi) is 5.87.